The third-order valence-electron chi connectivity index (χ3n) is 4.61. The lowest BCUT2D eigenvalue weighted by molar-refractivity contribution is -0.126. The molecule has 1 saturated heterocycles. The second-order valence-electron chi connectivity index (χ2n) is 6.42. The van der Waals surface area contributed by atoms with Gasteiger partial charge in [0.05, 0.1) is 0 Å². The summed E-state index contributed by atoms with van der Waals surface area (Å²) in [6, 6.07) is 9.86. The maximum atomic E-state index is 12.9. The van der Waals surface area contributed by atoms with Gasteiger partial charge in [0.1, 0.15) is 12.1 Å². The van der Waals surface area contributed by atoms with Crippen molar-refractivity contribution in [3.05, 3.63) is 72.6 Å². The fraction of sp³-hybridized carbons (Fsp3) is 0.200. The minimum Gasteiger partial charge on any atom is -0.352 e. The van der Waals surface area contributed by atoms with Crippen LogP contribution in [0.25, 0.3) is 11.9 Å². The number of piperazine rings is 1. The molecule has 7 nitrogen and oxygen atoms in total. The first-order chi connectivity index (χ1) is 13.7. The molecule has 1 fully saturated rings. The Balaban J connectivity index is 1.32. The lowest BCUT2D eigenvalue weighted by Gasteiger charge is -2.34. The summed E-state index contributed by atoms with van der Waals surface area (Å²) >= 11 is 0. The monoisotopic (exact) mass is 378 g/mol. The Morgan fingerprint density at radius 2 is 1.68 bits per heavy atom. The van der Waals surface area contributed by atoms with Gasteiger partial charge in [0, 0.05) is 44.6 Å². The van der Waals surface area contributed by atoms with Crippen LogP contribution in [0.2, 0.25) is 0 Å². The molecule has 1 aliphatic rings. The summed E-state index contributed by atoms with van der Waals surface area (Å²) in [6.45, 7) is 2.60. The van der Waals surface area contributed by atoms with Crippen LogP contribution in [-0.4, -0.2) is 56.7 Å². The van der Waals surface area contributed by atoms with E-state index < -0.39 is 0 Å². The highest BCUT2D eigenvalue weighted by molar-refractivity contribution is 5.91. The smallest absolute Gasteiger partial charge is 0.246 e. The molecule has 0 radical (unpaired) electrons. The number of rotatable bonds is 4. The van der Waals surface area contributed by atoms with Crippen molar-refractivity contribution in [2.45, 2.75) is 0 Å². The molecular weight excluding hydrogens is 359 g/mol. The summed E-state index contributed by atoms with van der Waals surface area (Å²) in [5, 5.41) is 8.52. The first-order valence-electron chi connectivity index (χ1n) is 8.98. The summed E-state index contributed by atoms with van der Waals surface area (Å²) in [5.74, 6) is 1.16. The van der Waals surface area contributed by atoms with Crippen LogP contribution in [0.15, 0.2) is 61.2 Å². The molecule has 0 aliphatic carbocycles. The zero-order valence-electron chi connectivity index (χ0n) is 15.1. The van der Waals surface area contributed by atoms with Crippen LogP contribution >= 0.6 is 0 Å². The van der Waals surface area contributed by atoms with Crippen LogP contribution in [-0.2, 0) is 4.79 Å². The van der Waals surface area contributed by atoms with E-state index in [0.717, 1.165) is 11.4 Å². The van der Waals surface area contributed by atoms with Gasteiger partial charge in [-0.2, -0.15) is 0 Å². The molecule has 1 aromatic carbocycles. The maximum absolute atomic E-state index is 12.9. The number of imidazole rings is 1. The average Bonchev–Trinajstić information content (AvgIpc) is 3.28. The lowest BCUT2D eigenvalue weighted by Crippen LogP contribution is -2.48. The second kappa shape index (κ2) is 7.99. The minimum atomic E-state index is -0.291. The summed E-state index contributed by atoms with van der Waals surface area (Å²) in [6.07, 6.45) is 8.41. The summed E-state index contributed by atoms with van der Waals surface area (Å²) in [5.41, 5.74) is 0.793. The summed E-state index contributed by atoms with van der Waals surface area (Å²) < 4.78 is 14.7. The quantitative estimate of drug-likeness (QED) is 0.651. The van der Waals surface area contributed by atoms with E-state index >= 15 is 0 Å². The van der Waals surface area contributed by atoms with Crippen molar-refractivity contribution < 1.29 is 9.18 Å². The number of aromatic nitrogens is 4. The number of amides is 1. The Morgan fingerprint density at radius 3 is 2.32 bits per heavy atom. The van der Waals surface area contributed by atoms with Crippen molar-refractivity contribution in [3.63, 3.8) is 0 Å². The SMILES string of the molecule is O=C(/C=C/c1ccc(F)cc1)N1CCN(c2ccc(-n3ccnc3)nn2)CC1. The molecule has 0 bridgehead atoms. The van der Waals surface area contributed by atoms with E-state index in [9.17, 15) is 9.18 Å². The second-order valence-corrected chi connectivity index (χ2v) is 6.42. The zero-order chi connectivity index (χ0) is 19.3. The van der Waals surface area contributed by atoms with E-state index in [1.807, 2.05) is 18.3 Å². The third-order valence-corrected chi connectivity index (χ3v) is 4.61. The molecule has 1 aliphatic heterocycles. The normalized spacial score (nSPS) is 14.6. The first kappa shape index (κ1) is 17.8. The van der Waals surface area contributed by atoms with Gasteiger partial charge in [0.2, 0.25) is 5.91 Å². The number of anilines is 1. The van der Waals surface area contributed by atoms with Crippen molar-refractivity contribution in [1.29, 1.82) is 0 Å². The van der Waals surface area contributed by atoms with E-state index in [2.05, 4.69) is 20.1 Å². The van der Waals surface area contributed by atoms with Gasteiger partial charge in [-0.15, -0.1) is 10.2 Å². The number of hydrogen-bond donors (Lipinski definition) is 0. The van der Waals surface area contributed by atoms with Gasteiger partial charge in [-0.3, -0.25) is 9.36 Å². The summed E-state index contributed by atoms with van der Waals surface area (Å²) in [4.78, 5) is 20.3. The van der Waals surface area contributed by atoms with Crippen LogP contribution in [0.1, 0.15) is 5.56 Å². The highest BCUT2D eigenvalue weighted by atomic mass is 19.1. The van der Waals surface area contributed by atoms with Crippen molar-refractivity contribution in [2.24, 2.45) is 0 Å². The fourth-order valence-electron chi connectivity index (χ4n) is 3.02. The van der Waals surface area contributed by atoms with Gasteiger partial charge in [0.15, 0.2) is 11.6 Å². The van der Waals surface area contributed by atoms with Crippen molar-refractivity contribution in [2.75, 3.05) is 31.1 Å². The van der Waals surface area contributed by atoms with E-state index in [0.29, 0.717) is 32.0 Å². The molecule has 0 spiro atoms. The Hall–Kier alpha value is -3.55. The molecule has 3 heterocycles. The molecule has 8 heteroatoms. The van der Waals surface area contributed by atoms with Crippen molar-refractivity contribution in [1.82, 2.24) is 24.6 Å². The predicted octanol–water partition coefficient (Wildman–Crippen LogP) is 2.16. The fourth-order valence-corrected chi connectivity index (χ4v) is 3.02. The van der Waals surface area contributed by atoms with E-state index in [-0.39, 0.29) is 11.7 Å². The lowest BCUT2D eigenvalue weighted by atomic mass is 10.2. The van der Waals surface area contributed by atoms with Crippen LogP contribution < -0.4 is 4.90 Å². The largest absolute Gasteiger partial charge is 0.352 e. The van der Waals surface area contributed by atoms with Gasteiger partial charge in [-0.1, -0.05) is 12.1 Å². The van der Waals surface area contributed by atoms with E-state index in [4.69, 9.17) is 0 Å². The van der Waals surface area contributed by atoms with Gasteiger partial charge < -0.3 is 9.80 Å². The predicted molar refractivity (Wildman–Crippen MR) is 103 cm³/mol. The molecule has 28 heavy (non-hydrogen) atoms. The average molecular weight is 378 g/mol. The highest BCUT2D eigenvalue weighted by Crippen LogP contribution is 2.14. The Bertz CT molecular complexity index is 945. The molecule has 0 atom stereocenters. The molecule has 0 N–H and O–H groups in total. The molecule has 0 saturated carbocycles. The van der Waals surface area contributed by atoms with Crippen LogP contribution in [0.5, 0.6) is 0 Å². The van der Waals surface area contributed by atoms with E-state index in [1.54, 1.807) is 40.2 Å². The number of hydrogen-bond acceptors (Lipinski definition) is 5. The minimum absolute atomic E-state index is 0.0504. The standard InChI is InChI=1S/C20H19FN6O/c21-17-4-1-16(2-5-17)3-8-20(28)26-13-11-25(12-14-26)18-6-7-19(24-23-18)27-10-9-22-15-27/h1-10,15H,11-14H2/b8-3+. The van der Waals surface area contributed by atoms with Gasteiger partial charge in [-0.05, 0) is 35.9 Å². The zero-order valence-corrected chi connectivity index (χ0v) is 15.1. The highest BCUT2D eigenvalue weighted by Gasteiger charge is 2.20. The third kappa shape index (κ3) is 4.06. The molecular formula is C20H19FN6O. The van der Waals surface area contributed by atoms with Gasteiger partial charge in [0.25, 0.3) is 0 Å². The maximum Gasteiger partial charge on any atom is 0.246 e. The molecule has 3 aromatic rings. The van der Waals surface area contributed by atoms with Crippen LogP contribution in [0.4, 0.5) is 10.2 Å². The molecule has 2 aromatic heterocycles. The Labute approximate surface area is 161 Å². The van der Waals surface area contributed by atoms with Crippen LogP contribution in [0.3, 0.4) is 0 Å². The molecule has 142 valence electrons. The Kier molecular flexibility index (Phi) is 5.09. The number of carbonyl (C=O) groups excluding carboxylic acids is 1. The number of benzene rings is 1. The van der Waals surface area contributed by atoms with Crippen LogP contribution in [0, 0.1) is 5.82 Å². The Morgan fingerprint density at radius 1 is 0.964 bits per heavy atom. The molecule has 1 amide bonds. The first-order valence-corrected chi connectivity index (χ1v) is 8.98. The molecule has 4 rings (SSSR count). The van der Waals surface area contributed by atoms with Gasteiger partial charge >= 0.3 is 0 Å². The van der Waals surface area contributed by atoms with Crippen molar-refractivity contribution in [3.8, 4) is 5.82 Å². The number of carbonyl (C=O) groups is 1. The molecule has 0 unspecified atom stereocenters. The number of nitrogens with zero attached hydrogens (tertiary/aromatic N) is 6. The topological polar surface area (TPSA) is 67.2 Å². The number of halogens is 1. The van der Waals surface area contributed by atoms with Gasteiger partial charge in [-0.25, -0.2) is 9.37 Å². The van der Waals surface area contributed by atoms with Crippen molar-refractivity contribution >= 4 is 17.8 Å². The van der Waals surface area contributed by atoms with E-state index in [1.165, 1.54) is 18.2 Å². The summed E-state index contributed by atoms with van der Waals surface area (Å²) in [7, 11) is 0.